The van der Waals surface area contributed by atoms with Crippen LogP contribution in [0.2, 0.25) is 0 Å². The second kappa shape index (κ2) is 4.72. The van der Waals surface area contributed by atoms with Gasteiger partial charge in [-0.25, -0.2) is 0 Å². The molecule has 0 amide bonds. The van der Waals surface area contributed by atoms with Gasteiger partial charge in [0.25, 0.3) is 0 Å². The first-order valence-electron chi connectivity index (χ1n) is 8.75. The number of phenolic OH excluding ortho intramolecular Hbond substituents is 1. The summed E-state index contributed by atoms with van der Waals surface area (Å²) in [6, 6.07) is 2.38. The lowest BCUT2D eigenvalue weighted by molar-refractivity contribution is -0.212. The van der Waals surface area contributed by atoms with E-state index in [0.717, 1.165) is 5.56 Å². The van der Waals surface area contributed by atoms with Crippen LogP contribution in [0.5, 0.6) is 11.5 Å². The van der Waals surface area contributed by atoms with E-state index in [4.69, 9.17) is 4.74 Å². The molecule has 2 aliphatic heterocycles. The topological polar surface area (TPSA) is 70.0 Å². The van der Waals surface area contributed by atoms with E-state index in [2.05, 4.69) is 0 Å². The minimum atomic E-state index is -4.36. The maximum Gasteiger partial charge on any atom is 0.401 e. The van der Waals surface area contributed by atoms with Crippen LogP contribution < -0.4 is 4.74 Å². The monoisotopic (exact) mass is 369 g/mol. The van der Waals surface area contributed by atoms with E-state index in [-0.39, 0.29) is 49.5 Å². The third-order valence-electron chi connectivity index (χ3n) is 6.75. The molecule has 4 aliphatic rings. The molecule has 140 valence electrons. The normalized spacial score (nSPS) is 38.1. The zero-order valence-corrected chi connectivity index (χ0v) is 13.8. The van der Waals surface area contributed by atoms with Gasteiger partial charge in [-0.15, -0.1) is 0 Å². The number of ether oxygens (including phenoxy) is 1. The Morgan fingerprint density at radius 3 is 2.81 bits per heavy atom. The van der Waals surface area contributed by atoms with Gasteiger partial charge in [0.2, 0.25) is 0 Å². The van der Waals surface area contributed by atoms with Crippen molar-refractivity contribution in [2.75, 3.05) is 13.1 Å². The number of piperidine rings is 1. The lowest BCUT2D eigenvalue weighted by Crippen LogP contribution is -2.77. The third-order valence-corrected chi connectivity index (χ3v) is 6.75. The van der Waals surface area contributed by atoms with Gasteiger partial charge in [-0.2, -0.15) is 13.2 Å². The average molecular weight is 369 g/mol. The summed E-state index contributed by atoms with van der Waals surface area (Å²) in [6.45, 7) is -0.968. The summed E-state index contributed by atoms with van der Waals surface area (Å²) in [7, 11) is 0. The van der Waals surface area contributed by atoms with Crippen LogP contribution in [0.15, 0.2) is 12.1 Å². The Morgan fingerprint density at radius 2 is 2.08 bits per heavy atom. The molecule has 2 fully saturated rings. The largest absolute Gasteiger partial charge is 0.504 e. The van der Waals surface area contributed by atoms with E-state index in [1.807, 2.05) is 0 Å². The number of rotatable bonds is 1. The van der Waals surface area contributed by atoms with Crippen molar-refractivity contribution in [1.29, 1.82) is 0 Å². The van der Waals surface area contributed by atoms with Crippen molar-refractivity contribution >= 4 is 5.78 Å². The Balaban J connectivity index is 1.72. The van der Waals surface area contributed by atoms with Gasteiger partial charge in [-0.1, -0.05) is 6.07 Å². The standard InChI is InChI=1S/C18H18F3NO4/c19-18(20,21)8-22-6-5-16-13-9-1-2-10(23)14(13)26-15(16)11(24)3-4-17(16,25)12(22)7-9/h1-2,12,15,23,25H,3-8H2/t12-,15+,16+,17-/m1/s1. The van der Waals surface area contributed by atoms with Gasteiger partial charge >= 0.3 is 6.18 Å². The smallest absolute Gasteiger partial charge is 0.401 e. The van der Waals surface area contributed by atoms with Crippen LogP contribution in [0.4, 0.5) is 13.2 Å². The predicted octanol–water partition coefficient (Wildman–Crippen LogP) is 1.68. The number of phenols is 1. The number of ketones is 1. The predicted molar refractivity (Wildman–Crippen MR) is 83.1 cm³/mol. The van der Waals surface area contributed by atoms with Gasteiger partial charge in [0.15, 0.2) is 23.4 Å². The van der Waals surface area contributed by atoms with Crippen molar-refractivity contribution in [2.24, 2.45) is 0 Å². The van der Waals surface area contributed by atoms with E-state index in [9.17, 15) is 28.2 Å². The number of benzene rings is 1. The summed E-state index contributed by atoms with van der Waals surface area (Å²) in [4.78, 5) is 13.9. The molecular weight excluding hydrogens is 351 g/mol. The number of Topliss-reactive ketones (excluding diaryl/α,β-unsaturated/α-hetero) is 1. The van der Waals surface area contributed by atoms with Gasteiger partial charge < -0.3 is 14.9 Å². The van der Waals surface area contributed by atoms with Crippen molar-refractivity contribution in [3.05, 3.63) is 23.3 Å². The second-order valence-electron chi connectivity index (χ2n) is 7.86. The van der Waals surface area contributed by atoms with E-state index >= 15 is 0 Å². The lowest BCUT2D eigenvalue weighted by atomic mass is 9.49. The number of hydrogen-bond acceptors (Lipinski definition) is 5. The van der Waals surface area contributed by atoms with Crippen molar-refractivity contribution in [3.8, 4) is 11.5 Å². The zero-order valence-electron chi connectivity index (χ0n) is 13.8. The number of carbonyl (C=O) groups excluding carboxylic acids is 1. The molecule has 1 saturated heterocycles. The van der Waals surface area contributed by atoms with Crippen LogP contribution in [0.3, 0.4) is 0 Å². The van der Waals surface area contributed by atoms with E-state index in [1.54, 1.807) is 6.07 Å². The number of nitrogens with zero attached hydrogens (tertiary/aromatic N) is 1. The molecule has 1 spiro atoms. The lowest BCUT2D eigenvalue weighted by Gasteiger charge is -2.62. The fourth-order valence-corrected chi connectivity index (χ4v) is 5.83. The third kappa shape index (κ3) is 1.76. The maximum absolute atomic E-state index is 13.1. The molecule has 2 N–H and O–H groups in total. The van der Waals surface area contributed by atoms with Crippen LogP contribution >= 0.6 is 0 Å². The highest BCUT2D eigenvalue weighted by molar-refractivity contribution is 5.90. The van der Waals surface area contributed by atoms with Crippen molar-refractivity contribution in [3.63, 3.8) is 0 Å². The van der Waals surface area contributed by atoms with Crippen LogP contribution in [-0.2, 0) is 16.6 Å². The Hall–Kier alpha value is -1.80. The summed E-state index contributed by atoms with van der Waals surface area (Å²) < 4.78 is 45.0. The molecule has 2 aliphatic carbocycles. The molecule has 1 aromatic carbocycles. The molecule has 1 saturated carbocycles. The molecule has 5 nitrogen and oxygen atoms in total. The maximum atomic E-state index is 13.1. The Bertz CT molecular complexity index is 825. The quantitative estimate of drug-likeness (QED) is 0.788. The molecule has 8 heteroatoms. The van der Waals surface area contributed by atoms with Crippen LogP contribution in [0.1, 0.15) is 30.4 Å². The van der Waals surface area contributed by atoms with Crippen LogP contribution in [0.25, 0.3) is 0 Å². The molecule has 2 bridgehead atoms. The van der Waals surface area contributed by atoms with E-state index in [1.165, 1.54) is 11.0 Å². The van der Waals surface area contributed by atoms with E-state index < -0.39 is 35.9 Å². The highest BCUT2D eigenvalue weighted by Gasteiger charge is 2.73. The summed E-state index contributed by atoms with van der Waals surface area (Å²) >= 11 is 0. The first kappa shape index (κ1) is 16.4. The number of likely N-dealkylation sites (tertiary alicyclic amines) is 1. The zero-order chi connectivity index (χ0) is 18.5. The fourth-order valence-electron chi connectivity index (χ4n) is 5.83. The number of aromatic hydroxyl groups is 1. The summed E-state index contributed by atoms with van der Waals surface area (Å²) in [6.07, 6.45) is -4.71. The van der Waals surface area contributed by atoms with Gasteiger partial charge in [-0.05, 0) is 30.9 Å². The molecule has 0 radical (unpaired) electrons. The minimum Gasteiger partial charge on any atom is -0.504 e. The first-order valence-corrected chi connectivity index (χ1v) is 8.75. The molecule has 5 rings (SSSR count). The molecule has 4 atom stereocenters. The summed E-state index contributed by atoms with van der Waals surface area (Å²) in [5, 5.41) is 21.9. The minimum absolute atomic E-state index is 0.0589. The molecular formula is C18H18F3NO4. The average Bonchev–Trinajstić information content (AvgIpc) is 2.90. The molecule has 2 heterocycles. The van der Waals surface area contributed by atoms with Crippen molar-refractivity contribution < 1.29 is 32.9 Å². The SMILES string of the molecule is O=C1CC[C@@]2(O)[C@H]3Cc4ccc(O)c5c4[C@@]2(CCN3CC(F)(F)F)[C@H]1O5. The van der Waals surface area contributed by atoms with Crippen molar-refractivity contribution in [1.82, 2.24) is 4.90 Å². The van der Waals surface area contributed by atoms with Gasteiger partial charge in [0.05, 0.1) is 17.6 Å². The van der Waals surface area contributed by atoms with Crippen LogP contribution in [-0.4, -0.2) is 57.9 Å². The molecule has 26 heavy (non-hydrogen) atoms. The first-order chi connectivity index (χ1) is 12.2. The number of alkyl halides is 3. The van der Waals surface area contributed by atoms with Crippen molar-refractivity contribution in [2.45, 2.75) is 55.0 Å². The van der Waals surface area contributed by atoms with Gasteiger partial charge in [0, 0.05) is 24.6 Å². The number of aliphatic hydroxyl groups is 1. The van der Waals surface area contributed by atoms with Gasteiger partial charge in [-0.3, -0.25) is 9.69 Å². The van der Waals surface area contributed by atoms with E-state index in [0.29, 0.717) is 5.56 Å². The Morgan fingerprint density at radius 1 is 1.31 bits per heavy atom. The molecule has 1 aromatic rings. The molecule has 0 unspecified atom stereocenters. The van der Waals surface area contributed by atoms with Gasteiger partial charge in [0.1, 0.15) is 0 Å². The molecule has 0 aromatic heterocycles. The van der Waals surface area contributed by atoms with Crippen LogP contribution in [0, 0.1) is 0 Å². The highest BCUT2D eigenvalue weighted by atomic mass is 19.4. The summed E-state index contributed by atoms with van der Waals surface area (Å²) in [5.74, 6) is -0.0520. The summed E-state index contributed by atoms with van der Waals surface area (Å²) in [5.41, 5.74) is -1.18. The fraction of sp³-hybridized carbons (Fsp3) is 0.611. The second-order valence-corrected chi connectivity index (χ2v) is 7.86. The Labute approximate surface area is 147 Å². The number of halogens is 3. The number of carbonyl (C=O) groups is 1. The Kier molecular flexibility index (Phi) is 2.98. The highest BCUT2D eigenvalue weighted by Crippen LogP contribution is 2.64. The number of hydrogen-bond donors (Lipinski definition) is 2.